The molecule has 2 aliphatic rings. The highest BCUT2D eigenvalue weighted by molar-refractivity contribution is 5.90. The highest BCUT2D eigenvalue weighted by Crippen LogP contribution is 2.44. The number of aromatic nitrogens is 2. The molecule has 0 aliphatic carbocycles. The van der Waals surface area contributed by atoms with Crippen LogP contribution in [0.2, 0.25) is 0 Å². The van der Waals surface area contributed by atoms with E-state index in [1.807, 2.05) is 0 Å². The number of halogens is 4. The van der Waals surface area contributed by atoms with Gasteiger partial charge in [0.1, 0.15) is 29.9 Å². The number of nitriles is 1. The van der Waals surface area contributed by atoms with Crippen molar-refractivity contribution >= 4 is 11.7 Å². The number of hydrogen-bond donors (Lipinski definition) is 2. The SMILES string of the molecule is CC1Cc2nn3c(c2CN1C(=O)Nc1ccc(F)c(C#N)c1)C(F)(F)CC(O)(CF)CC3. The number of aryl methyl sites for hydroxylation is 1. The van der Waals surface area contributed by atoms with E-state index < -0.39 is 42.2 Å². The predicted molar refractivity (Wildman–Crippen MR) is 105 cm³/mol. The minimum absolute atomic E-state index is 0.0641. The number of amides is 2. The molecule has 4 rings (SSSR count). The van der Waals surface area contributed by atoms with E-state index in [0.29, 0.717) is 5.69 Å². The Morgan fingerprint density at radius 1 is 1.44 bits per heavy atom. The van der Waals surface area contributed by atoms with E-state index in [1.54, 1.807) is 13.0 Å². The molecule has 11 heteroatoms. The summed E-state index contributed by atoms with van der Waals surface area (Å²) in [6.07, 6.45) is -1.03. The van der Waals surface area contributed by atoms with Crippen molar-refractivity contribution in [2.75, 3.05) is 12.0 Å². The van der Waals surface area contributed by atoms with E-state index >= 15 is 8.78 Å². The minimum atomic E-state index is -3.53. The number of urea groups is 1. The van der Waals surface area contributed by atoms with E-state index in [2.05, 4.69) is 10.4 Å². The Hall–Kier alpha value is -3.13. The molecule has 2 aliphatic heterocycles. The molecule has 2 aromatic rings. The van der Waals surface area contributed by atoms with Crippen LogP contribution < -0.4 is 5.32 Å². The highest BCUT2D eigenvalue weighted by atomic mass is 19.3. The molecule has 0 fully saturated rings. The quantitative estimate of drug-likeness (QED) is 0.684. The van der Waals surface area contributed by atoms with Crippen molar-refractivity contribution < 1.29 is 27.5 Å². The Kier molecular flexibility index (Phi) is 5.36. The molecule has 0 saturated heterocycles. The molecule has 2 unspecified atom stereocenters. The van der Waals surface area contributed by atoms with Crippen LogP contribution in [0.15, 0.2) is 18.2 Å². The first kappa shape index (κ1) is 22.1. The maximum atomic E-state index is 15.1. The van der Waals surface area contributed by atoms with Crippen molar-refractivity contribution in [1.82, 2.24) is 14.7 Å². The van der Waals surface area contributed by atoms with Gasteiger partial charge in [-0.1, -0.05) is 0 Å². The molecule has 0 bridgehead atoms. The Morgan fingerprint density at radius 2 is 2.19 bits per heavy atom. The zero-order valence-corrected chi connectivity index (χ0v) is 17.2. The lowest BCUT2D eigenvalue weighted by molar-refractivity contribution is -0.102. The third-order valence-electron chi connectivity index (χ3n) is 6.02. The van der Waals surface area contributed by atoms with Crippen molar-refractivity contribution in [3.63, 3.8) is 0 Å². The number of rotatable bonds is 2. The lowest BCUT2D eigenvalue weighted by Crippen LogP contribution is -2.45. The average Bonchev–Trinajstić information content (AvgIpc) is 3.06. The van der Waals surface area contributed by atoms with Crippen molar-refractivity contribution in [3.05, 3.63) is 46.5 Å². The van der Waals surface area contributed by atoms with Crippen molar-refractivity contribution in [1.29, 1.82) is 5.26 Å². The number of fused-ring (bicyclic) bond motifs is 3. The molecule has 0 radical (unpaired) electrons. The highest BCUT2D eigenvalue weighted by Gasteiger charge is 2.50. The molecule has 170 valence electrons. The molecule has 1 aromatic carbocycles. The number of alkyl halides is 3. The fourth-order valence-corrected chi connectivity index (χ4v) is 4.34. The number of benzene rings is 1. The van der Waals surface area contributed by atoms with Gasteiger partial charge in [-0.05, 0) is 31.5 Å². The summed E-state index contributed by atoms with van der Waals surface area (Å²) in [5.74, 6) is -4.25. The number of anilines is 1. The third-order valence-corrected chi connectivity index (χ3v) is 6.02. The summed E-state index contributed by atoms with van der Waals surface area (Å²) < 4.78 is 58.1. The van der Waals surface area contributed by atoms with Gasteiger partial charge in [0.15, 0.2) is 0 Å². The van der Waals surface area contributed by atoms with Crippen LogP contribution in [0.25, 0.3) is 0 Å². The van der Waals surface area contributed by atoms with Gasteiger partial charge < -0.3 is 15.3 Å². The number of nitrogens with zero attached hydrogens (tertiary/aromatic N) is 4. The summed E-state index contributed by atoms with van der Waals surface area (Å²) in [5, 5.41) is 26.0. The first-order valence-corrected chi connectivity index (χ1v) is 10.1. The Bertz CT molecular complexity index is 1110. The van der Waals surface area contributed by atoms with Crippen LogP contribution in [0, 0.1) is 17.1 Å². The van der Waals surface area contributed by atoms with Crippen LogP contribution >= 0.6 is 0 Å². The van der Waals surface area contributed by atoms with Crippen LogP contribution in [0.4, 0.5) is 28.0 Å². The van der Waals surface area contributed by atoms with Gasteiger partial charge in [0.2, 0.25) is 0 Å². The Balaban J connectivity index is 1.62. The van der Waals surface area contributed by atoms with Gasteiger partial charge >= 0.3 is 6.03 Å². The van der Waals surface area contributed by atoms with Gasteiger partial charge in [0.05, 0.1) is 17.8 Å². The number of carbonyl (C=O) groups excluding carboxylic acids is 1. The van der Waals surface area contributed by atoms with Gasteiger partial charge in [-0.25, -0.2) is 13.6 Å². The number of aliphatic hydroxyl groups is 1. The van der Waals surface area contributed by atoms with E-state index in [0.717, 1.165) is 10.7 Å². The molecule has 2 N–H and O–H groups in total. The second-order valence-corrected chi connectivity index (χ2v) is 8.40. The topological polar surface area (TPSA) is 94.2 Å². The summed E-state index contributed by atoms with van der Waals surface area (Å²) in [6.45, 7) is 0.237. The van der Waals surface area contributed by atoms with E-state index in [-0.39, 0.29) is 48.8 Å². The van der Waals surface area contributed by atoms with Gasteiger partial charge in [0.25, 0.3) is 5.92 Å². The third kappa shape index (κ3) is 3.79. The Morgan fingerprint density at radius 3 is 2.88 bits per heavy atom. The fourth-order valence-electron chi connectivity index (χ4n) is 4.34. The average molecular weight is 451 g/mol. The van der Waals surface area contributed by atoms with Crippen LogP contribution in [0.1, 0.15) is 42.3 Å². The predicted octanol–water partition coefficient (Wildman–Crippen LogP) is 3.46. The van der Waals surface area contributed by atoms with E-state index in [1.165, 1.54) is 17.0 Å². The minimum Gasteiger partial charge on any atom is -0.387 e. The first-order chi connectivity index (χ1) is 15.1. The normalized spacial score (nSPS) is 24.2. The molecule has 0 saturated carbocycles. The van der Waals surface area contributed by atoms with Crippen LogP contribution in [-0.4, -0.2) is 44.1 Å². The summed E-state index contributed by atoms with van der Waals surface area (Å²) in [6, 6.07) is 4.25. The van der Waals surface area contributed by atoms with Crippen LogP contribution in [0.3, 0.4) is 0 Å². The first-order valence-electron chi connectivity index (χ1n) is 10.1. The van der Waals surface area contributed by atoms with Crippen molar-refractivity contribution in [2.45, 2.75) is 56.8 Å². The standard InChI is InChI=1S/C21H21F4N5O2/c1-12-6-17-15(18-21(24,25)10-20(32,11-22)4-5-30(18)28-17)9-29(12)19(31)27-14-2-3-16(23)13(7-14)8-26/h2-3,7,12,32H,4-6,9-11H2,1H3,(H,27,31). The zero-order valence-electron chi connectivity index (χ0n) is 17.2. The zero-order chi connectivity index (χ0) is 23.3. The number of carbonyl (C=O) groups is 1. The second kappa shape index (κ2) is 7.78. The van der Waals surface area contributed by atoms with Gasteiger partial charge in [0, 0.05) is 36.7 Å². The maximum Gasteiger partial charge on any atom is 0.322 e. The monoisotopic (exact) mass is 451 g/mol. The van der Waals surface area contributed by atoms with Crippen LogP contribution in [-0.2, 0) is 25.4 Å². The smallest absolute Gasteiger partial charge is 0.322 e. The molecule has 2 amide bonds. The largest absolute Gasteiger partial charge is 0.387 e. The second-order valence-electron chi connectivity index (χ2n) is 8.40. The molecule has 3 heterocycles. The molecule has 0 spiro atoms. The number of nitrogens with one attached hydrogen (secondary N) is 1. The number of hydrogen-bond acceptors (Lipinski definition) is 4. The summed E-state index contributed by atoms with van der Waals surface area (Å²) >= 11 is 0. The maximum absolute atomic E-state index is 15.1. The summed E-state index contributed by atoms with van der Waals surface area (Å²) in [7, 11) is 0. The van der Waals surface area contributed by atoms with E-state index in [9.17, 15) is 18.7 Å². The van der Waals surface area contributed by atoms with E-state index in [4.69, 9.17) is 5.26 Å². The molecule has 1 aromatic heterocycles. The fraction of sp³-hybridized carbons (Fsp3) is 0.476. The molecular formula is C21H21F4N5O2. The summed E-state index contributed by atoms with van der Waals surface area (Å²) in [5.41, 5.74) is -1.97. The molecular weight excluding hydrogens is 430 g/mol. The van der Waals surface area contributed by atoms with Crippen molar-refractivity contribution in [3.8, 4) is 6.07 Å². The van der Waals surface area contributed by atoms with Crippen molar-refractivity contribution in [2.24, 2.45) is 0 Å². The van der Waals surface area contributed by atoms with Crippen LogP contribution in [0.5, 0.6) is 0 Å². The molecule has 2 atom stereocenters. The Labute approximate surface area is 181 Å². The molecule has 32 heavy (non-hydrogen) atoms. The lowest BCUT2D eigenvalue weighted by atomic mass is 9.91. The van der Waals surface area contributed by atoms with Gasteiger partial charge in [-0.2, -0.15) is 19.1 Å². The molecule has 7 nitrogen and oxygen atoms in total. The summed E-state index contributed by atoms with van der Waals surface area (Å²) in [4.78, 5) is 14.2. The lowest BCUT2D eigenvalue weighted by Gasteiger charge is -2.34. The van der Waals surface area contributed by atoms with Gasteiger partial charge in [-0.3, -0.25) is 4.68 Å². The van der Waals surface area contributed by atoms with Gasteiger partial charge in [-0.15, -0.1) is 0 Å².